The van der Waals surface area contributed by atoms with Crippen molar-refractivity contribution in [1.29, 1.82) is 0 Å². The lowest BCUT2D eigenvalue weighted by atomic mass is 10.1. The van der Waals surface area contributed by atoms with Crippen LogP contribution in [0.1, 0.15) is 23.8 Å². The molecule has 0 saturated carbocycles. The molecule has 4 heteroatoms. The molecule has 0 spiro atoms. The predicted octanol–water partition coefficient (Wildman–Crippen LogP) is 3.11. The largest absolute Gasteiger partial charge is 0.467 e. The van der Waals surface area contributed by atoms with Crippen LogP contribution in [-0.2, 0) is 17.8 Å². The summed E-state index contributed by atoms with van der Waals surface area (Å²) in [7, 11) is 0. The first-order valence-corrected chi connectivity index (χ1v) is 6.83. The highest BCUT2D eigenvalue weighted by Crippen LogP contribution is 2.30. The SMILES string of the molecule is CC(=O)N1CCc2cc(NCc3occc3C)ccc21. The van der Waals surface area contributed by atoms with Crippen molar-refractivity contribution in [1.82, 2.24) is 0 Å². The number of aryl methyl sites for hydroxylation is 1. The fraction of sp³-hybridized carbons (Fsp3) is 0.312. The van der Waals surface area contributed by atoms with Crippen molar-refractivity contribution in [3.05, 3.63) is 47.4 Å². The van der Waals surface area contributed by atoms with Gasteiger partial charge < -0.3 is 14.6 Å². The van der Waals surface area contributed by atoms with Gasteiger partial charge in [-0.1, -0.05) is 0 Å². The third kappa shape index (κ3) is 2.29. The highest BCUT2D eigenvalue weighted by Gasteiger charge is 2.21. The van der Waals surface area contributed by atoms with E-state index in [1.54, 1.807) is 13.2 Å². The molecule has 0 unspecified atom stereocenters. The first-order chi connectivity index (χ1) is 9.65. The van der Waals surface area contributed by atoms with Crippen molar-refractivity contribution in [2.24, 2.45) is 0 Å². The van der Waals surface area contributed by atoms with Gasteiger partial charge in [0.05, 0.1) is 12.8 Å². The highest BCUT2D eigenvalue weighted by atomic mass is 16.3. The third-order valence-corrected chi connectivity index (χ3v) is 3.78. The molecule has 3 rings (SSSR count). The van der Waals surface area contributed by atoms with E-state index in [0.717, 1.165) is 35.7 Å². The molecular weight excluding hydrogens is 252 g/mol. The van der Waals surface area contributed by atoms with Crippen molar-refractivity contribution in [3.63, 3.8) is 0 Å². The Labute approximate surface area is 118 Å². The number of amides is 1. The summed E-state index contributed by atoms with van der Waals surface area (Å²) in [6.07, 6.45) is 2.63. The maximum Gasteiger partial charge on any atom is 0.223 e. The second kappa shape index (κ2) is 5.04. The Morgan fingerprint density at radius 1 is 1.40 bits per heavy atom. The lowest BCUT2D eigenvalue weighted by Gasteiger charge is -2.15. The molecule has 2 aromatic rings. The fourth-order valence-corrected chi connectivity index (χ4v) is 2.61. The minimum atomic E-state index is 0.107. The molecule has 4 nitrogen and oxygen atoms in total. The number of carbonyl (C=O) groups excluding carboxylic acids is 1. The van der Waals surface area contributed by atoms with E-state index in [-0.39, 0.29) is 5.91 Å². The molecule has 0 radical (unpaired) electrons. The quantitative estimate of drug-likeness (QED) is 0.932. The lowest BCUT2D eigenvalue weighted by molar-refractivity contribution is -0.116. The van der Waals surface area contributed by atoms with E-state index < -0.39 is 0 Å². The van der Waals surface area contributed by atoms with Gasteiger partial charge in [0.2, 0.25) is 5.91 Å². The number of hydrogen-bond acceptors (Lipinski definition) is 3. The number of nitrogens with zero attached hydrogens (tertiary/aromatic N) is 1. The van der Waals surface area contributed by atoms with Gasteiger partial charge in [-0.15, -0.1) is 0 Å². The third-order valence-electron chi connectivity index (χ3n) is 3.78. The molecule has 0 atom stereocenters. The van der Waals surface area contributed by atoms with Crippen LogP contribution < -0.4 is 10.2 Å². The molecular formula is C16H18N2O2. The van der Waals surface area contributed by atoms with Gasteiger partial charge in [-0.25, -0.2) is 0 Å². The van der Waals surface area contributed by atoms with Crippen LogP contribution in [0.3, 0.4) is 0 Å². The summed E-state index contributed by atoms with van der Waals surface area (Å²) in [5.41, 5.74) is 4.48. The van der Waals surface area contributed by atoms with Crippen LogP contribution in [-0.4, -0.2) is 12.5 Å². The molecule has 0 saturated heterocycles. The Hall–Kier alpha value is -2.23. The Balaban J connectivity index is 1.74. The van der Waals surface area contributed by atoms with Crippen LogP contribution in [0.2, 0.25) is 0 Å². The van der Waals surface area contributed by atoms with Gasteiger partial charge >= 0.3 is 0 Å². The zero-order valence-electron chi connectivity index (χ0n) is 11.8. The summed E-state index contributed by atoms with van der Waals surface area (Å²) in [6.45, 7) is 5.11. The summed E-state index contributed by atoms with van der Waals surface area (Å²) in [6, 6.07) is 8.11. The second-order valence-corrected chi connectivity index (χ2v) is 5.14. The van der Waals surface area contributed by atoms with Crippen LogP contribution in [0, 0.1) is 6.92 Å². The molecule has 104 valence electrons. The molecule has 2 heterocycles. The summed E-state index contributed by atoms with van der Waals surface area (Å²) >= 11 is 0. The minimum absolute atomic E-state index is 0.107. The van der Waals surface area contributed by atoms with Crippen molar-refractivity contribution in [3.8, 4) is 0 Å². The molecule has 1 aromatic heterocycles. The Morgan fingerprint density at radius 2 is 2.25 bits per heavy atom. The zero-order chi connectivity index (χ0) is 14.1. The van der Waals surface area contributed by atoms with Gasteiger partial charge in [-0.3, -0.25) is 4.79 Å². The number of benzene rings is 1. The Morgan fingerprint density at radius 3 is 2.95 bits per heavy atom. The minimum Gasteiger partial charge on any atom is -0.467 e. The number of rotatable bonds is 3. The first-order valence-electron chi connectivity index (χ1n) is 6.83. The molecule has 0 aliphatic carbocycles. The van der Waals surface area contributed by atoms with Crippen LogP contribution in [0.25, 0.3) is 0 Å². The number of nitrogens with one attached hydrogen (secondary N) is 1. The molecule has 1 aliphatic rings. The Kier molecular flexibility index (Phi) is 3.22. The van der Waals surface area contributed by atoms with Crippen LogP contribution >= 0.6 is 0 Å². The lowest BCUT2D eigenvalue weighted by Crippen LogP contribution is -2.25. The topological polar surface area (TPSA) is 45.5 Å². The van der Waals surface area contributed by atoms with E-state index in [0.29, 0.717) is 6.54 Å². The summed E-state index contributed by atoms with van der Waals surface area (Å²) in [5.74, 6) is 1.06. The van der Waals surface area contributed by atoms with Gasteiger partial charge in [0.15, 0.2) is 0 Å². The molecule has 0 fully saturated rings. The van der Waals surface area contributed by atoms with E-state index in [2.05, 4.69) is 11.4 Å². The summed E-state index contributed by atoms with van der Waals surface area (Å²) in [4.78, 5) is 13.3. The highest BCUT2D eigenvalue weighted by molar-refractivity contribution is 5.94. The first kappa shape index (κ1) is 12.8. The smallest absolute Gasteiger partial charge is 0.223 e. The standard InChI is InChI=1S/C16H18N2O2/c1-11-6-8-20-16(11)10-17-14-3-4-15-13(9-14)5-7-18(15)12(2)19/h3-4,6,8-9,17H,5,7,10H2,1-2H3. The number of carbonyl (C=O) groups is 1. The molecule has 1 aliphatic heterocycles. The normalized spacial score (nSPS) is 13.4. The van der Waals surface area contributed by atoms with Gasteiger partial charge in [-0.05, 0) is 48.7 Å². The van der Waals surface area contributed by atoms with E-state index in [9.17, 15) is 4.79 Å². The van der Waals surface area contributed by atoms with Gasteiger partial charge in [0.1, 0.15) is 5.76 Å². The maximum absolute atomic E-state index is 11.5. The number of hydrogen-bond donors (Lipinski definition) is 1. The maximum atomic E-state index is 11.5. The zero-order valence-corrected chi connectivity index (χ0v) is 11.8. The van der Waals surface area contributed by atoms with Gasteiger partial charge in [0.25, 0.3) is 0 Å². The molecule has 1 amide bonds. The predicted molar refractivity (Wildman–Crippen MR) is 78.9 cm³/mol. The van der Waals surface area contributed by atoms with E-state index >= 15 is 0 Å². The van der Waals surface area contributed by atoms with Crippen LogP contribution in [0.5, 0.6) is 0 Å². The van der Waals surface area contributed by atoms with E-state index in [1.165, 1.54) is 5.56 Å². The molecule has 1 aromatic carbocycles. The van der Waals surface area contributed by atoms with Crippen molar-refractivity contribution < 1.29 is 9.21 Å². The number of furan rings is 1. The summed E-state index contributed by atoms with van der Waals surface area (Å²) < 4.78 is 5.41. The number of anilines is 2. The van der Waals surface area contributed by atoms with Gasteiger partial charge in [-0.2, -0.15) is 0 Å². The fourth-order valence-electron chi connectivity index (χ4n) is 2.61. The second-order valence-electron chi connectivity index (χ2n) is 5.14. The summed E-state index contributed by atoms with van der Waals surface area (Å²) in [5, 5.41) is 3.36. The Bertz CT molecular complexity index is 646. The average molecular weight is 270 g/mol. The van der Waals surface area contributed by atoms with Crippen molar-refractivity contribution >= 4 is 17.3 Å². The van der Waals surface area contributed by atoms with Crippen LogP contribution in [0.15, 0.2) is 34.9 Å². The molecule has 0 bridgehead atoms. The van der Waals surface area contributed by atoms with E-state index in [4.69, 9.17) is 4.42 Å². The van der Waals surface area contributed by atoms with Crippen molar-refractivity contribution in [2.75, 3.05) is 16.8 Å². The van der Waals surface area contributed by atoms with Crippen molar-refractivity contribution in [2.45, 2.75) is 26.8 Å². The van der Waals surface area contributed by atoms with Crippen LogP contribution in [0.4, 0.5) is 11.4 Å². The van der Waals surface area contributed by atoms with Gasteiger partial charge in [0, 0.05) is 24.8 Å². The number of fused-ring (bicyclic) bond motifs is 1. The van der Waals surface area contributed by atoms with E-state index in [1.807, 2.05) is 30.0 Å². The molecule has 20 heavy (non-hydrogen) atoms. The molecule has 1 N–H and O–H groups in total. The average Bonchev–Trinajstić information content (AvgIpc) is 3.02. The monoisotopic (exact) mass is 270 g/mol.